The maximum Gasteiger partial charge on any atom is 0.227 e. The van der Waals surface area contributed by atoms with Crippen molar-refractivity contribution in [3.05, 3.63) is 59.7 Å². The molecule has 1 unspecified atom stereocenters. The molecule has 2 aromatic carbocycles. The molecule has 1 atom stereocenters. The first-order valence-corrected chi connectivity index (χ1v) is 9.37. The zero-order chi connectivity index (χ0) is 17.8. The van der Waals surface area contributed by atoms with Crippen molar-refractivity contribution in [2.24, 2.45) is 5.92 Å². The molecule has 25 heavy (non-hydrogen) atoms. The molecule has 130 valence electrons. The van der Waals surface area contributed by atoms with Crippen LogP contribution in [0.15, 0.2) is 48.5 Å². The third-order valence-electron chi connectivity index (χ3n) is 4.36. The van der Waals surface area contributed by atoms with Crippen LogP contribution in [-0.4, -0.2) is 23.3 Å². The van der Waals surface area contributed by atoms with Gasteiger partial charge in [-0.2, -0.15) is 0 Å². The van der Waals surface area contributed by atoms with Crippen LogP contribution in [0.3, 0.4) is 0 Å². The van der Waals surface area contributed by atoms with Crippen molar-refractivity contribution in [1.29, 1.82) is 0 Å². The second kappa shape index (κ2) is 7.74. The van der Waals surface area contributed by atoms with Crippen molar-refractivity contribution in [3.63, 3.8) is 0 Å². The van der Waals surface area contributed by atoms with Crippen molar-refractivity contribution in [2.45, 2.75) is 19.8 Å². The molecular weight excluding hydrogens is 332 g/mol. The smallest absolute Gasteiger partial charge is 0.227 e. The van der Waals surface area contributed by atoms with E-state index in [2.05, 4.69) is 12.1 Å². The summed E-state index contributed by atoms with van der Waals surface area (Å²) in [6.45, 7) is 2.26. The fourth-order valence-electron chi connectivity index (χ4n) is 3.04. The minimum atomic E-state index is 0.109. The van der Waals surface area contributed by atoms with Gasteiger partial charge in [-0.1, -0.05) is 36.0 Å². The summed E-state index contributed by atoms with van der Waals surface area (Å²) < 4.78 is 0. The van der Waals surface area contributed by atoms with E-state index in [1.165, 1.54) is 22.9 Å². The van der Waals surface area contributed by atoms with Gasteiger partial charge < -0.3 is 10.6 Å². The van der Waals surface area contributed by atoms with Crippen LogP contribution in [0.25, 0.3) is 0 Å². The molecule has 1 heterocycles. The van der Waals surface area contributed by atoms with Gasteiger partial charge in [0.2, 0.25) is 5.91 Å². The summed E-state index contributed by atoms with van der Waals surface area (Å²) in [6.07, 6.45) is 1.36. The van der Waals surface area contributed by atoms with E-state index in [0.717, 1.165) is 17.8 Å². The van der Waals surface area contributed by atoms with Gasteiger partial charge in [-0.3, -0.25) is 9.59 Å². The maximum absolute atomic E-state index is 12.3. The lowest BCUT2D eigenvalue weighted by atomic mass is 10.0. The third kappa shape index (κ3) is 4.63. The first-order chi connectivity index (χ1) is 12.0. The molecule has 4 nitrogen and oxygen atoms in total. The minimum absolute atomic E-state index is 0.109. The molecule has 2 N–H and O–H groups in total. The predicted molar refractivity (Wildman–Crippen MR) is 104 cm³/mol. The number of nitrogens with two attached hydrogens (primary N) is 1. The molecule has 1 amide bonds. The summed E-state index contributed by atoms with van der Waals surface area (Å²) in [4.78, 5) is 25.2. The highest BCUT2D eigenvalue weighted by molar-refractivity contribution is 8.13. The number of anilines is 2. The molecule has 3 rings (SSSR count). The summed E-state index contributed by atoms with van der Waals surface area (Å²) in [7, 11) is 0. The Morgan fingerprint density at radius 3 is 2.32 bits per heavy atom. The fourth-order valence-corrected chi connectivity index (χ4v) is 3.74. The number of amides is 1. The highest BCUT2D eigenvalue weighted by Gasteiger charge is 2.30. The van der Waals surface area contributed by atoms with Gasteiger partial charge in [0.05, 0.1) is 0 Å². The largest absolute Gasteiger partial charge is 0.399 e. The van der Waals surface area contributed by atoms with Crippen molar-refractivity contribution in [2.75, 3.05) is 22.9 Å². The number of carbonyl (C=O) groups is 2. The molecule has 0 aromatic heterocycles. The number of carbonyl (C=O) groups excluding carboxylic acids is 2. The van der Waals surface area contributed by atoms with E-state index in [4.69, 9.17) is 5.73 Å². The van der Waals surface area contributed by atoms with Crippen molar-refractivity contribution >= 4 is 34.2 Å². The van der Waals surface area contributed by atoms with E-state index in [1.807, 2.05) is 41.3 Å². The number of benzene rings is 2. The Labute approximate surface area is 152 Å². The molecule has 1 saturated heterocycles. The van der Waals surface area contributed by atoms with Crippen LogP contribution in [0, 0.1) is 5.92 Å². The molecule has 0 saturated carbocycles. The molecule has 5 heteroatoms. The first kappa shape index (κ1) is 17.5. The van der Waals surface area contributed by atoms with E-state index >= 15 is 0 Å². The van der Waals surface area contributed by atoms with Crippen molar-refractivity contribution in [1.82, 2.24) is 0 Å². The van der Waals surface area contributed by atoms with Gasteiger partial charge in [0.15, 0.2) is 5.12 Å². The van der Waals surface area contributed by atoms with Crippen LogP contribution >= 0.6 is 11.8 Å². The van der Waals surface area contributed by atoms with E-state index in [-0.39, 0.29) is 16.9 Å². The zero-order valence-corrected chi connectivity index (χ0v) is 15.1. The number of nitrogen functional groups attached to an aromatic ring is 1. The Morgan fingerprint density at radius 1 is 1.12 bits per heavy atom. The third-order valence-corrected chi connectivity index (χ3v) is 5.41. The van der Waals surface area contributed by atoms with Crippen LogP contribution in [0.1, 0.15) is 24.5 Å². The molecule has 2 aromatic rings. The molecule has 0 aliphatic carbocycles. The topological polar surface area (TPSA) is 63.4 Å². The Morgan fingerprint density at radius 2 is 1.72 bits per heavy atom. The molecule has 0 bridgehead atoms. The SMILES string of the molecule is CC(=O)SCC1CC(=O)N(c2ccc(Cc3ccc(N)cc3)cc2)C1. The average molecular weight is 354 g/mol. The lowest BCUT2D eigenvalue weighted by Gasteiger charge is -2.17. The Bertz CT molecular complexity index is 756. The Kier molecular flexibility index (Phi) is 5.43. The summed E-state index contributed by atoms with van der Waals surface area (Å²) in [5.74, 6) is 1.10. The zero-order valence-electron chi connectivity index (χ0n) is 14.3. The standard InChI is InChI=1S/C20H22N2O2S/c1-14(23)25-13-17-11-20(24)22(12-17)19-8-4-16(5-9-19)10-15-2-6-18(21)7-3-15/h2-9,17H,10-13,21H2,1H3. The molecule has 1 fully saturated rings. The number of rotatable bonds is 5. The van der Waals surface area contributed by atoms with Gasteiger partial charge >= 0.3 is 0 Å². The van der Waals surface area contributed by atoms with E-state index in [9.17, 15) is 9.59 Å². The second-order valence-electron chi connectivity index (χ2n) is 6.46. The molecule has 1 aliphatic rings. The fraction of sp³-hybridized carbons (Fsp3) is 0.300. The van der Waals surface area contributed by atoms with Gasteiger partial charge in [-0.15, -0.1) is 0 Å². The normalized spacial score (nSPS) is 17.1. The summed E-state index contributed by atoms with van der Waals surface area (Å²) in [6, 6.07) is 16.0. The highest BCUT2D eigenvalue weighted by Crippen LogP contribution is 2.28. The van der Waals surface area contributed by atoms with Crippen molar-refractivity contribution < 1.29 is 9.59 Å². The monoisotopic (exact) mass is 354 g/mol. The molecule has 1 aliphatic heterocycles. The van der Waals surface area contributed by atoms with E-state index in [0.29, 0.717) is 18.7 Å². The van der Waals surface area contributed by atoms with Gasteiger partial charge in [0.25, 0.3) is 0 Å². The summed E-state index contributed by atoms with van der Waals surface area (Å²) >= 11 is 1.31. The van der Waals surface area contributed by atoms with E-state index in [1.54, 1.807) is 6.92 Å². The summed E-state index contributed by atoms with van der Waals surface area (Å²) in [5, 5.41) is 0.109. The van der Waals surface area contributed by atoms with Gasteiger partial charge in [-0.05, 0) is 47.7 Å². The highest BCUT2D eigenvalue weighted by atomic mass is 32.2. The van der Waals surface area contributed by atoms with Gasteiger partial charge in [0.1, 0.15) is 0 Å². The first-order valence-electron chi connectivity index (χ1n) is 8.38. The second-order valence-corrected chi connectivity index (χ2v) is 7.66. The van der Waals surface area contributed by atoms with Crippen LogP contribution in [0.5, 0.6) is 0 Å². The number of hydrogen-bond donors (Lipinski definition) is 1. The number of thioether (sulfide) groups is 1. The van der Waals surface area contributed by atoms with Crippen LogP contribution in [0.2, 0.25) is 0 Å². The van der Waals surface area contributed by atoms with E-state index < -0.39 is 0 Å². The van der Waals surface area contributed by atoms with Gasteiger partial charge in [-0.25, -0.2) is 0 Å². The predicted octanol–water partition coefficient (Wildman–Crippen LogP) is 3.49. The van der Waals surface area contributed by atoms with Crippen LogP contribution in [-0.2, 0) is 16.0 Å². The van der Waals surface area contributed by atoms with Crippen LogP contribution in [0.4, 0.5) is 11.4 Å². The van der Waals surface area contributed by atoms with Crippen molar-refractivity contribution in [3.8, 4) is 0 Å². The minimum Gasteiger partial charge on any atom is -0.399 e. The molecule has 0 radical (unpaired) electrons. The molecular formula is C20H22N2O2S. The average Bonchev–Trinajstić information content (AvgIpc) is 2.97. The number of hydrogen-bond acceptors (Lipinski definition) is 4. The van der Waals surface area contributed by atoms with Gasteiger partial charge in [0, 0.05) is 37.0 Å². The lowest BCUT2D eigenvalue weighted by molar-refractivity contribution is -0.117. The Hall–Kier alpha value is -2.27. The quantitative estimate of drug-likeness (QED) is 0.835. The lowest BCUT2D eigenvalue weighted by Crippen LogP contribution is -2.24. The van der Waals surface area contributed by atoms with Crippen LogP contribution < -0.4 is 10.6 Å². The Balaban J connectivity index is 1.63. The number of nitrogens with zero attached hydrogens (tertiary/aromatic N) is 1. The maximum atomic E-state index is 12.3. The molecule has 0 spiro atoms. The summed E-state index contributed by atoms with van der Waals surface area (Å²) in [5.41, 5.74) is 9.82.